The van der Waals surface area contributed by atoms with E-state index in [0.717, 1.165) is 22.3 Å². The lowest BCUT2D eigenvalue weighted by Crippen LogP contribution is -2.29. The van der Waals surface area contributed by atoms with E-state index in [1.807, 2.05) is 42.5 Å². The first kappa shape index (κ1) is 15.9. The molecule has 3 rings (SSSR count). The monoisotopic (exact) mass is 321 g/mol. The number of hydrogen-bond donors (Lipinski definition) is 0. The summed E-state index contributed by atoms with van der Waals surface area (Å²) in [6, 6.07) is 15.0. The first-order valence-electron chi connectivity index (χ1n) is 7.77. The molecule has 0 atom stereocenters. The molecule has 1 aromatic carbocycles. The van der Waals surface area contributed by atoms with Gasteiger partial charge in [0.2, 0.25) is 0 Å². The van der Waals surface area contributed by atoms with Crippen LogP contribution in [-0.2, 0) is 6.42 Å². The highest BCUT2D eigenvalue weighted by Gasteiger charge is 2.14. The van der Waals surface area contributed by atoms with E-state index >= 15 is 0 Å². The predicted molar refractivity (Wildman–Crippen MR) is 93.2 cm³/mol. The number of amides is 1. The molecule has 122 valence electrons. The molecule has 0 saturated heterocycles. The zero-order chi connectivity index (χ0) is 16.9. The number of carbonyl (C=O) groups excluding carboxylic acids is 1. The maximum absolute atomic E-state index is 12.6. The van der Waals surface area contributed by atoms with Crippen molar-refractivity contribution in [2.75, 3.05) is 20.7 Å². The molecule has 24 heavy (non-hydrogen) atoms. The Labute approximate surface area is 140 Å². The molecule has 0 spiro atoms. The van der Waals surface area contributed by atoms with Crippen molar-refractivity contribution in [3.63, 3.8) is 0 Å². The third-order valence-corrected chi connectivity index (χ3v) is 3.89. The quantitative estimate of drug-likeness (QED) is 0.725. The van der Waals surface area contributed by atoms with Crippen LogP contribution in [0.15, 0.2) is 54.7 Å². The molecule has 2 aromatic heterocycles. The molecule has 0 aliphatic rings. The molecule has 5 nitrogen and oxygen atoms in total. The number of fused-ring (bicyclic) bond motifs is 1. The molecule has 0 saturated carbocycles. The van der Waals surface area contributed by atoms with Crippen molar-refractivity contribution < 1.29 is 9.53 Å². The Bertz CT molecular complexity index is 850. The van der Waals surface area contributed by atoms with Gasteiger partial charge in [-0.25, -0.2) is 4.98 Å². The smallest absolute Gasteiger partial charge is 0.272 e. The minimum atomic E-state index is -0.0938. The van der Waals surface area contributed by atoms with Gasteiger partial charge < -0.3 is 9.64 Å². The fourth-order valence-corrected chi connectivity index (χ4v) is 2.48. The number of benzene rings is 1. The minimum absolute atomic E-state index is 0.0938. The van der Waals surface area contributed by atoms with Gasteiger partial charge >= 0.3 is 0 Å². The number of hydrogen-bond acceptors (Lipinski definition) is 4. The highest BCUT2D eigenvalue weighted by molar-refractivity contribution is 5.94. The maximum Gasteiger partial charge on any atom is 0.272 e. The lowest BCUT2D eigenvalue weighted by molar-refractivity contribution is 0.0791. The van der Waals surface area contributed by atoms with Crippen LogP contribution in [0.5, 0.6) is 5.75 Å². The molecule has 0 radical (unpaired) electrons. The van der Waals surface area contributed by atoms with Crippen LogP contribution >= 0.6 is 0 Å². The van der Waals surface area contributed by atoms with Gasteiger partial charge in [0.25, 0.3) is 5.91 Å². The van der Waals surface area contributed by atoms with Gasteiger partial charge in [-0.15, -0.1) is 0 Å². The topological polar surface area (TPSA) is 55.3 Å². The van der Waals surface area contributed by atoms with E-state index in [9.17, 15) is 4.79 Å². The zero-order valence-corrected chi connectivity index (χ0v) is 13.8. The van der Waals surface area contributed by atoms with E-state index in [-0.39, 0.29) is 5.91 Å². The largest absolute Gasteiger partial charge is 0.497 e. The highest BCUT2D eigenvalue weighted by atomic mass is 16.5. The summed E-state index contributed by atoms with van der Waals surface area (Å²) >= 11 is 0. The molecule has 3 aromatic rings. The minimum Gasteiger partial charge on any atom is -0.497 e. The molecule has 0 bridgehead atoms. The van der Waals surface area contributed by atoms with Crippen LogP contribution in [-0.4, -0.2) is 41.5 Å². The summed E-state index contributed by atoms with van der Waals surface area (Å²) in [7, 11) is 3.41. The number of ether oxygens (including phenoxy) is 1. The van der Waals surface area contributed by atoms with Crippen molar-refractivity contribution in [2.24, 2.45) is 0 Å². The summed E-state index contributed by atoms with van der Waals surface area (Å²) in [5, 5.41) is 0.946. The van der Waals surface area contributed by atoms with Crippen LogP contribution in [0, 0.1) is 0 Å². The predicted octanol–water partition coefficient (Wildman–Crippen LogP) is 2.95. The molecule has 1 amide bonds. The van der Waals surface area contributed by atoms with Crippen LogP contribution in [0.4, 0.5) is 0 Å². The maximum atomic E-state index is 12.6. The average Bonchev–Trinajstić information content (AvgIpc) is 2.65. The Morgan fingerprint density at radius 3 is 2.79 bits per heavy atom. The Kier molecular flexibility index (Phi) is 4.70. The van der Waals surface area contributed by atoms with Crippen molar-refractivity contribution in [3.8, 4) is 5.75 Å². The van der Waals surface area contributed by atoms with Crippen molar-refractivity contribution >= 4 is 16.8 Å². The van der Waals surface area contributed by atoms with Gasteiger partial charge in [-0.05, 0) is 36.4 Å². The van der Waals surface area contributed by atoms with E-state index < -0.39 is 0 Å². The summed E-state index contributed by atoms with van der Waals surface area (Å²) in [4.78, 5) is 23.0. The third-order valence-electron chi connectivity index (χ3n) is 3.89. The number of likely N-dealkylation sites (N-methyl/N-ethyl adjacent to an activating group) is 1. The summed E-state index contributed by atoms with van der Waals surface area (Å²) in [5.41, 5.74) is 2.19. The molecule has 0 aliphatic carbocycles. The number of pyridine rings is 2. The molecule has 0 fully saturated rings. The Morgan fingerprint density at radius 2 is 2.04 bits per heavy atom. The van der Waals surface area contributed by atoms with Crippen molar-refractivity contribution in [1.29, 1.82) is 0 Å². The van der Waals surface area contributed by atoms with Crippen LogP contribution in [0.2, 0.25) is 0 Å². The molecule has 2 heterocycles. The Balaban J connectivity index is 1.72. The standard InChI is InChI=1S/C19H19N3O2/c1-22(12-10-15-5-3-4-11-20-15)19(23)18-8-6-14-13-16(24-2)7-9-17(14)21-18/h3-9,11,13H,10,12H2,1-2H3. The van der Waals surface area contributed by atoms with Crippen LogP contribution < -0.4 is 4.74 Å². The Hall–Kier alpha value is -2.95. The average molecular weight is 321 g/mol. The zero-order valence-electron chi connectivity index (χ0n) is 13.8. The number of rotatable bonds is 5. The summed E-state index contributed by atoms with van der Waals surface area (Å²) in [6.07, 6.45) is 2.48. The number of methoxy groups -OCH3 is 1. The van der Waals surface area contributed by atoms with Crippen molar-refractivity contribution in [1.82, 2.24) is 14.9 Å². The van der Waals surface area contributed by atoms with Gasteiger partial charge in [-0.1, -0.05) is 12.1 Å². The first-order valence-corrected chi connectivity index (χ1v) is 7.77. The Morgan fingerprint density at radius 1 is 1.17 bits per heavy atom. The molecular weight excluding hydrogens is 302 g/mol. The van der Waals surface area contributed by atoms with Crippen molar-refractivity contribution in [3.05, 3.63) is 66.1 Å². The van der Waals surface area contributed by atoms with E-state index in [1.54, 1.807) is 31.3 Å². The van der Waals surface area contributed by atoms with Crippen LogP contribution in [0.1, 0.15) is 16.2 Å². The van der Waals surface area contributed by atoms with Gasteiger partial charge in [-0.3, -0.25) is 9.78 Å². The SMILES string of the molecule is COc1ccc2nc(C(=O)N(C)CCc3ccccn3)ccc2c1. The second-order valence-corrected chi connectivity index (χ2v) is 5.55. The third kappa shape index (κ3) is 3.51. The van der Waals surface area contributed by atoms with Gasteiger partial charge in [-0.2, -0.15) is 0 Å². The molecular formula is C19H19N3O2. The lowest BCUT2D eigenvalue weighted by atomic mass is 10.2. The highest BCUT2D eigenvalue weighted by Crippen LogP contribution is 2.20. The second-order valence-electron chi connectivity index (χ2n) is 5.55. The van der Waals surface area contributed by atoms with E-state index in [2.05, 4.69) is 9.97 Å². The summed E-state index contributed by atoms with van der Waals surface area (Å²) in [5.74, 6) is 0.680. The fraction of sp³-hybridized carbons (Fsp3) is 0.211. The fourth-order valence-electron chi connectivity index (χ4n) is 2.48. The van der Waals surface area contributed by atoms with E-state index in [4.69, 9.17) is 4.74 Å². The molecule has 5 heteroatoms. The summed E-state index contributed by atoms with van der Waals surface area (Å²) in [6.45, 7) is 0.595. The van der Waals surface area contributed by atoms with Gasteiger partial charge in [0.1, 0.15) is 11.4 Å². The summed E-state index contributed by atoms with van der Waals surface area (Å²) < 4.78 is 5.20. The molecule has 0 unspecified atom stereocenters. The van der Waals surface area contributed by atoms with Gasteiger partial charge in [0, 0.05) is 37.3 Å². The molecule has 0 N–H and O–H groups in total. The number of nitrogens with zero attached hydrogens (tertiary/aromatic N) is 3. The van der Waals surface area contributed by atoms with E-state index in [1.165, 1.54) is 0 Å². The lowest BCUT2D eigenvalue weighted by Gasteiger charge is -2.16. The first-order chi connectivity index (χ1) is 11.7. The van der Waals surface area contributed by atoms with Gasteiger partial charge in [0.05, 0.1) is 12.6 Å². The van der Waals surface area contributed by atoms with Crippen molar-refractivity contribution in [2.45, 2.75) is 6.42 Å². The van der Waals surface area contributed by atoms with E-state index in [0.29, 0.717) is 18.7 Å². The van der Waals surface area contributed by atoms with Crippen LogP contribution in [0.25, 0.3) is 10.9 Å². The number of aromatic nitrogens is 2. The van der Waals surface area contributed by atoms with Gasteiger partial charge in [0.15, 0.2) is 0 Å². The number of carbonyl (C=O) groups is 1. The van der Waals surface area contributed by atoms with Crippen LogP contribution in [0.3, 0.4) is 0 Å². The second kappa shape index (κ2) is 7.08. The normalized spacial score (nSPS) is 10.6. The molecule has 0 aliphatic heterocycles.